The number of halogens is 3. The van der Waals surface area contributed by atoms with Gasteiger partial charge in [0.05, 0.1) is 11.1 Å². The molecule has 0 aliphatic heterocycles. The first kappa shape index (κ1) is 14.0. The average Bonchev–Trinajstić information content (AvgIpc) is 2.35. The van der Waals surface area contributed by atoms with Crippen LogP contribution in [0, 0.1) is 0 Å². The van der Waals surface area contributed by atoms with E-state index < -0.39 is 6.10 Å². The van der Waals surface area contributed by atoms with Crippen LogP contribution in [0.15, 0.2) is 45.5 Å². The SMILES string of the molecule is OC(Cc1ccc(Br)cn1)c1ccc(Br)c(Cl)c1. The fraction of sp³-hybridized carbons (Fsp3) is 0.154. The lowest BCUT2D eigenvalue weighted by Gasteiger charge is -2.11. The third-order valence-electron chi connectivity index (χ3n) is 2.52. The zero-order chi connectivity index (χ0) is 13.1. The Balaban J connectivity index is 2.13. The minimum atomic E-state index is -0.607. The molecule has 1 heterocycles. The van der Waals surface area contributed by atoms with Gasteiger partial charge in [0.15, 0.2) is 0 Å². The van der Waals surface area contributed by atoms with Crippen molar-refractivity contribution >= 4 is 43.5 Å². The molecule has 1 atom stereocenters. The number of hydrogen-bond donors (Lipinski definition) is 1. The molecule has 0 saturated heterocycles. The molecule has 1 aromatic heterocycles. The van der Waals surface area contributed by atoms with Crippen molar-refractivity contribution in [1.82, 2.24) is 4.98 Å². The first-order valence-corrected chi connectivity index (χ1v) is 7.26. The van der Waals surface area contributed by atoms with E-state index in [0.717, 1.165) is 20.2 Å². The fourth-order valence-corrected chi connectivity index (χ4v) is 2.23. The van der Waals surface area contributed by atoms with E-state index in [1.165, 1.54) is 0 Å². The molecule has 5 heteroatoms. The van der Waals surface area contributed by atoms with Crippen molar-refractivity contribution in [3.8, 4) is 0 Å². The zero-order valence-electron chi connectivity index (χ0n) is 9.28. The monoisotopic (exact) mass is 389 g/mol. The van der Waals surface area contributed by atoms with Gasteiger partial charge in [-0.3, -0.25) is 4.98 Å². The maximum Gasteiger partial charge on any atom is 0.0846 e. The van der Waals surface area contributed by atoms with Gasteiger partial charge in [-0.1, -0.05) is 17.7 Å². The van der Waals surface area contributed by atoms with Crippen molar-refractivity contribution in [3.63, 3.8) is 0 Å². The number of rotatable bonds is 3. The standard InChI is InChI=1S/C13H10Br2ClNO/c14-9-2-3-10(17-7-9)6-13(18)8-1-4-11(15)12(16)5-8/h1-5,7,13,18H,6H2. The van der Waals surface area contributed by atoms with Crippen molar-refractivity contribution in [3.05, 3.63) is 61.8 Å². The summed E-state index contributed by atoms with van der Waals surface area (Å²) in [5.41, 5.74) is 1.62. The van der Waals surface area contributed by atoms with Crippen LogP contribution in [0.25, 0.3) is 0 Å². The van der Waals surface area contributed by atoms with E-state index >= 15 is 0 Å². The molecule has 0 radical (unpaired) electrons. The maximum absolute atomic E-state index is 10.1. The molecule has 2 nitrogen and oxygen atoms in total. The van der Waals surface area contributed by atoms with Crippen LogP contribution in [0.2, 0.25) is 5.02 Å². The predicted octanol–water partition coefficient (Wildman–Crippen LogP) is 4.54. The minimum Gasteiger partial charge on any atom is -0.388 e. The van der Waals surface area contributed by atoms with Gasteiger partial charge in [0, 0.05) is 27.3 Å². The fourth-order valence-electron chi connectivity index (χ4n) is 1.56. The van der Waals surface area contributed by atoms with Crippen molar-refractivity contribution in [2.45, 2.75) is 12.5 Å². The van der Waals surface area contributed by atoms with Crippen LogP contribution >= 0.6 is 43.5 Å². The second kappa shape index (κ2) is 6.15. The molecule has 0 saturated carbocycles. The van der Waals surface area contributed by atoms with Crippen LogP contribution in [0.3, 0.4) is 0 Å². The van der Waals surface area contributed by atoms with Crippen LogP contribution in [0.1, 0.15) is 17.4 Å². The highest BCUT2D eigenvalue weighted by Gasteiger charge is 2.11. The first-order chi connectivity index (χ1) is 8.56. The van der Waals surface area contributed by atoms with Gasteiger partial charge in [-0.05, 0) is 61.7 Å². The third-order valence-corrected chi connectivity index (χ3v) is 4.22. The van der Waals surface area contributed by atoms with Crippen LogP contribution in [0.5, 0.6) is 0 Å². The van der Waals surface area contributed by atoms with Gasteiger partial charge in [-0.25, -0.2) is 0 Å². The molecule has 1 aromatic carbocycles. The zero-order valence-corrected chi connectivity index (χ0v) is 13.2. The largest absolute Gasteiger partial charge is 0.388 e. The molecule has 0 spiro atoms. The van der Waals surface area contributed by atoms with Gasteiger partial charge in [0.1, 0.15) is 0 Å². The minimum absolute atomic E-state index is 0.464. The van der Waals surface area contributed by atoms with Crippen molar-refractivity contribution in [1.29, 1.82) is 0 Å². The van der Waals surface area contributed by atoms with Crippen LogP contribution < -0.4 is 0 Å². The number of benzene rings is 1. The first-order valence-electron chi connectivity index (χ1n) is 5.29. The van der Waals surface area contributed by atoms with Gasteiger partial charge < -0.3 is 5.11 Å². The highest BCUT2D eigenvalue weighted by molar-refractivity contribution is 9.10. The van der Waals surface area contributed by atoms with Crippen molar-refractivity contribution in [2.75, 3.05) is 0 Å². The molecular weight excluding hydrogens is 381 g/mol. The molecule has 1 unspecified atom stereocenters. The maximum atomic E-state index is 10.1. The Kier molecular flexibility index (Phi) is 4.78. The lowest BCUT2D eigenvalue weighted by atomic mass is 10.0. The molecule has 0 aliphatic rings. The van der Waals surface area contributed by atoms with E-state index in [-0.39, 0.29) is 0 Å². The summed E-state index contributed by atoms with van der Waals surface area (Å²) < 4.78 is 1.74. The Labute approximate surface area is 127 Å². The van der Waals surface area contributed by atoms with E-state index in [1.807, 2.05) is 24.3 Å². The summed E-state index contributed by atoms with van der Waals surface area (Å²) in [5.74, 6) is 0. The highest BCUT2D eigenvalue weighted by Crippen LogP contribution is 2.27. The number of aliphatic hydroxyl groups is 1. The van der Waals surface area contributed by atoms with Crippen LogP contribution in [0.4, 0.5) is 0 Å². The van der Waals surface area contributed by atoms with Crippen LogP contribution in [-0.4, -0.2) is 10.1 Å². The molecule has 0 fully saturated rings. The highest BCUT2D eigenvalue weighted by atomic mass is 79.9. The van der Waals surface area contributed by atoms with E-state index in [2.05, 4.69) is 36.8 Å². The Morgan fingerprint density at radius 1 is 1.22 bits per heavy atom. The number of aromatic nitrogens is 1. The second-order valence-corrected chi connectivity index (χ2v) is 6.04. The van der Waals surface area contributed by atoms with E-state index in [0.29, 0.717) is 11.4 Å². The third kappa shape index (κ3) is 3.54. The lowest BCUT2D eigenvalue weighted by Crippen LogP contribution is -2.03. The van der Waals surface area contributed by atoms with Crippen molar-refractivity contribution in [2.24, 2.45) is 0 Å². The Bertz CT molecular complexity index is 545. The molecule has 94 valence electrons. The smallest absolute Gasteiger partial charge is 0.0846 e. The Hall–Kier alpha value is -0.420. The number of pyridine rings is 1. The van der Waals surface area contributed by atoms with Gasteiger partial charge >= 0.3 is 0 Å². The summed E-state index contributed by atoms with van der Waals surface area (Å²) in [6, 6.07) is 9.22. The number of aliphatic hydroxyl groups excluding tert-OH is 1. The number of nitrogens with zero attached hydrogens (tertiary/aromatic N) is 1. The van der Waals surface area contributed by atoms with Gasteiger partial charge in [0.25, 0.3) is 0 Å². The molecule has 0 aliphatic carbocycles. The molecular formula is C13H10Br2ClNO. The van der Waals surface area contributed by atoms with Crippen molar-refractivity contribution < 1.29 is 5.11 Å². The second-order valence-electron chi connectivity index (χ2n) is 3.86. The molecule has 1 N–H and O–H groups in total. The molecule has 2 aromatic rings. The number of hydrogen-bond acceptors (Lipinski definition) is 2. The molecule has 0 amide bonds. The van der Waals surface area contributed by atoms with E-state index in [4.69, 9.17) is 11.6 Å². The average molecular weight is 391 g/mol. The van der Waals surface area contributed by atoms with E-state index in [9.17, 15) is 5.11 Å². The summed E-state index contributed by atoms with van der Waals surface area (Å²) >= 11 is 12.7. The summed E-state index contributed by atoms with van der Waals surface area (Å²) in [6.45, 7) is 0. The quantitative estimate of drug-likeness (QED) is 0.834. The van der Waals surface area contributed by atoms with Gasteiger partial charge in [-0.15, -0.1) is 0 Å². The molecule has 2 rings (SSSR count). The summed E-state index contributed by atoms with van der Waals surface area (Å²) in [4.78, 5) is 4.23. The van der Waals surface area contributed by atoms with E-state index in [1.54, 1.807) is 12.3 Å². The Morgan fingerprint density at radius 2 is 2.00 bits per heavy atom. The normalized spacial score (nSPS) is 12.4. The predicted molar refractivity (Wildman–Crippen MR) is 79.8 cm³/mol. The summed E-state index contributed by atoms with van der Waals surface area (Å²) in [5, 5.41) is 10.7. The van der Waals surface area contributed by atoms with Gasteiger partial charge in [-0.2, -0.15) is 0 Å². The summed E-state index contributed by atoms with van der Waals surface area (Å²) in [7, 11) is 0. The Morgan fingerprint density at radius 3 is 2.61 bits per heavy atom. The molecule has 18 heavy (non-hydrogen) atoms. The van der Waals surface area contributed by atoms with Gasteiger partial charge in [0.2, 0.25) is 0 Å². The topological polar surface area (TPSA) is 33.1 Å². The summed E-state index contributed by atoms with van der Waals surface area (Å²) in [6.07, 6.45) is 1.58. The van der Waals surface area contributed by atoms with Crippen LogP contribution in [-0.2, 0) is 6.42 Å². The lowest BCUT2D eigenvalue weighted by molar-refractivity contribution is 0.177. The molecule has 0 bridgehead atoms.